The Morgan fingerprint density at radius 1 is 1.03 bits per heavy atom. The molecule has 0 unspecified atom stereocenters. The summed E-state index contributed by atoms with van der Waals surface area (Å²) in [5.74, 6) is -0.678. The largest absolute Gasteiger partial charge is 0.352 e. The number of sulfonamides is 1. The second kappa shape index (κ2) is 12.0. The van der Waals surface area contributed by atoms with Gasteiger partial charge in [-0.2, -0.15) is 0 Å². The fourth-order valence-corrected chi connectivity index (χ4v) is 4.52. The van der Waals surface area contributed by atoms with Gasteiger partial charge in [-0.3, -0.25) is 13.9 Å². The maximum absolute atomic E-state index is 13.5. The van der Waals surface area contributed by atoms with Crippen molar-refractivity contribution in [1.82, 2.24) is 10.2 Å². The highest BCUT2D eigenvalue weighted by molar-refractivity contribution is 7.92. The molecule has 0 saturated carbocycles. The van der Waals surface area contributed by atoms with E-state index in [2.05, 4.69) is 5.32 Å². The average molecular weight is 488 g/mol. The van der Waals surface area contributed by atoms with E-state index in [9.17, 15) is 18.0 Å². The van der Waals surface area contributed by atoms with Gasteiger partial charge in [-0.25, -0.2) is 8.42 Å². The molecule has 2 atom stereocenters. The van der Waals surface area contributed by atoms with E-state index in [0.29, 0.717) is 18.7 Å². The Balaban J connectivity index is 2.35. The highest BCUT2D eigenvalue weighted by atomic mass is 32.2. The third-order valence-electron chi connectivity index (χ3n) is 5.97. The molecule has 2 amide bonds. The number of benzene rings is 2. The molecule has 2 aromatic carbocycles. The highest BCUT2D eigenvalue weighted by Gasteiger charge is 2.30. The minimum absolute atomic E-state index is 0.0245. The van der Waals surface area contributed by atoms with E-state index in [1.807, 2.05) is 70.2 Å². The SMILES string of the molecule is CC[C@H](C)NC(=O)[C@H](C)N(CCc1ccccc1)C(=O)CN(c1cc(C)ccc1C)S(C)(=O)=O. The highest BCUT2D eigenvalue weighted by Crippen LogP contribution is 2.24. The van der Waals surface area contributed by atoms with E-state index in [0.717, 1.165) is 33.7 Å². The van der Waals surface area contributed by atoms with Crippen molar-refractivity contribution >= 4 is 27.5 Å². The number of nitrogens with zero attached hydrogens (tertiary/aromatic N) is 2. The van der Waals surface area contributed by atoms with Gasteiger partial charge in [0.15, 0.2) is 0 Å². The number of aryl methyl sites for hydroxylation is 2. The van der Waals surface area contributed by atoms with Crippen LogP contribution in [0.1, 0.15) is 43.9 Å². The van der Waals surface area contributed by atoms with Gasteiger partial charge in [-0.15, -0.1) is 0 Å². The lowest BCUT2D eigenvalue weighted by Crippen LogP contribution is -2.53. The molecule has 0 aliphatic heterocycles. The Morgan fingerprint density at radius 2 is 1.68 bits per heavy atom. The summed E-state index contributed by atoms with van der Waals surface area (Å²) in [7, 11) is -3.74. The molecule has 0 heterocycles. The smallest absolute Gasteiger partial charge is 0.244 e. The molecule has 0 aliphatic carbocycles. The number of carbonyl (C=O) groups excluding carboxylic acids is 2. The van der Waals surface area contributed by atoms with Gasteiger partial charge in [0.2, 0.25) is 21.8 Å². The number of carbonyl (C=O) groups is 2. The maximum Gasteiger partial charge on any atom is 0.244 e. The first-order valence-electron chi connectivity index (χ1n) is 11.6. The number of nitrogens with one attached hydrogen (secondary N) is 1. The predicted molar refractivity (Wildman–Crippen MR) is 137 cm³/mol. The first-order chi connectivity index (χ1) is 15.9. The lowest BCUT2D eigenvalue weighted by atomic mass is 10.1. The van der Waals surface area contributed by atoms with Gasteiger partial charge in [0, 0.05) is 12.6 Å². The topological polar surface area (TPSA) is 86.8 Å². The average Bonchev–Trinajstić information content (AvgIpc) is 2.79. The van der Waals surface area contributed by atoms with Crippen molar-refractivity contribution in [2.75, 3.05) is 23.7 Å². The molecular formula is C26H37N3O4S. The van der Waals surface area contributed by atoms with Crippen LogP contribution < -0.4 is 9.62 Å². The Bertz CT molecular complexity index is 1090. The van der Waals surface area contributed by atoms with Crippen LogP contribution in [0, 0.1) is 13.8 Å². The van der Waals surface area contributed by atoms with Crippen LogP contribution in [0.3, 0.4) is 0 Å². The van der Waals surface area contributed by atoms with Crippen LogP contribution in [0.2, 0.25) is 0 Å². The van der Waals surface area contributed by atoms with E-state index in [4.69, 9.17) is 0 Å². The van der Waals surface area contributed by atoms with Gasteiger partial charge in [0.25, 0.3) is 0 Å². The molecule has 7 nitrogen and oxygen atoms in total. The van der Waals surface area contributed by atoms with Crippen LogP contribution in [0.15, 0.2) is 48.5 Å². The number of hydrogen-bond donors (Lipinski definition) is 1. The fraction of sp³-hybridized carbons (Fsp3) is 0.462. The van der Waals surface area contributed by atoms with Gasteiger partial charge in [0.1, 0.15) is 12.6 Å². The maximum atomic E-state index is 13.5. The van der Waals surface area contributed by atoms with Crippen molar-refractivity contribution in [3.63, 3.8) is 0 Å². The number of hydrogen-bond acceptors (Lipinski definition) is 4. The van der Waals surface area contributed by atoms with Crippen LogP contribution in [-0.4, -0.2) is 56.6 Å². The first kappa shape index (κ1) is 27.4. The zero-order valence-electron chi connectivity index (χ0n) is 21.0. The summed E-state index contributed by atoms with van der Waals surface area (Å²) < 4.78 is 26.5. The first-order valence-corrected chi connectivity index (χ1v) is 13.5. The van der Waals surface area contributed by atoms with E-state index in [-0.39, 0.29) is 18.5 Å². The summed E-state index contributed by atoms with van der Waals surface area (Å²) in [4.78, 5) is 27.9. The van der Waals surface area contributed by atoms with Crippen molar-refractivity contribution in [2.45, 2.75) is 59.5 Å². The molecule has 34 heavy (non-hydrogen) atoms. The van der Waals surface area contributed by atoms with Gasteiger partial charge in [-0.1, -0.05) is 49.4 Å². The number of amides is 2. The lowest BCUT2D eigenvalue weighted by Gasteiger charge is -2.32. The van der Waals surface area contributed by atoms with Crippen molar-refractivity contribution in [1.29, 1.82) is 0 Å². The molecule has 186 valence electrons. The summed E-state index contributed by atoms with van der Waals surface area (Å²) in [6.45, 7) is 9.17. The molecule has 0 radical (unpaired) electrons. The third-order valence-corrected chi connectivity index (χ3v) is 7.09. The molecule has 0 fully saturated rings. The third kappa shape index (κ3) is 7.58. The van der Waals surface area contributed by atoms with Crippen molar-refractivity contribution < 1.29 is 18.0 Å². The number of rotatable bonds is 11. The molecule has 0 aliphatic rings. The molecule has 0 saturated heterocycles. The summed E-state index contributed by atoms with van der Waals surface area (Å²) in [6, 6.07) is 14.4. The van der Waals surface area contributed by atoms with Crippen molar-refractivity contribution in [3.8, 4) is 0 Å². The molecule has 2 aromatic rings. The standard InChI is InChI=1S/C26H37N3O4S/c1-7-21(4)27-26(31)22(5)28(16-15-23-11-9-8-10-12-23)25(30)18-29(34(6,32)33)24-17-19(2)13-14-20(24)3/h8-14,17,21-22H,7,15-16,18H2,1-6H3,(H,27,31)/t21-,22-/m0/s1. The van der Waals surface area contributed by atoms with E-state index < -0.39 is 22.0 Å². The summed E-state index contributed by atoms with van der Waals surface area (Å²) in [6.07, 6.45) is 2.41. The van der Waals surface area contributed by atoms with Gasteiger partial charge < -0.3 is 10.2 Å². The lowest BCUT2D eigenvalue weighted by molar-refractivity contribution is -0.139. The molecule has 8 heteroatoms. The Hall–Kier alpha value is -2.87. The monoisotopic (exact) mass is 487 g/mol. The summed E-state index contributed by atoms with van der Waals surface area (Å²) in [5.41, 5.74) is 3.14. The Labute approximate surface area is 204 Å². The van der Waals surface area contributed by atoms with Gasteiger partial charge >= 0.3 is 0 Å². The van der Waals surface area contributed by atoms with Crippen LogP contribution in [0.5, 0.6) is 0 Å². The molecule has 1 N–H and O–H groups in total. The summed E-state index contributed by atoms with van der Waals surface area (Å²) >= 11 is 0. The van der Waals surface area contributed by atoms with Crippen LogP contribution in [0.25, 0.3) is 0 Å². The molecule has 2 rings (SSSR count). The second-order valence-electron chi connectivity index (χ2n) is 8.88. The minimum Gasteiger partial charge on any atom is -0.352 e. The zero-order valence-corrected chi connectivity index (χ0v) is 21.9. The second-order valence-corrected chi connectivity index (χ2v) is 10.8. The quantitative estimate of drug-likeness (QED) is 0.526. The van der Waals surface area contributed by atoms with Gasteiger partial charge in [0.05, 0.1) is 11.9 Å². The molecule has 0 aromatic heterocycles. The number of anilines is 1. The normalized spacial score (nSPS) is 13.1. The minimum atomic E-state index is -3.74. The van der Waals surface area contributed by atoms with Gasteiger partial charge in [-0.05, 0) is 63.3 Å². The molecular weight excluding hydrogens is 450 g/mol. The van der Waals surface area contributed by atoms with E-state index in [1.54, 1.807) is 13.0 Å². The van der Waals surface area contributed by atoms with Crippen molar-refractivity contribution in [3.05, 3.63) is 65.2 Å². The van der Waals surface area contributed by atoms with Crippen LogP contribution >= 0.6 is 0 Å². The fourth-order valence-electron chi connectivity index (χ4n) is 3.62. The predicted octanol–water partition coefficient (Wildman–Crippen LogP) is 3.44. The van der Waals surface area contributed by atoms with E-state index in [1.165, 1.54) is 4.90 Å². The molecule has 0 spiro atoms. The van der Waals surface area contributed by atoms with Crippen LogP contribution in [-0.2, 0) is 26.0 Å². The zero-order chi connectivity index (χ0) is 25.5. The summed E-state index contributed by atoms with van der Waals surface area (Å²) in [5, 5.41) is 2.93. The molecule has 0 bridgehead atoms. The Morgan fingerprint density at radius 3 is 2.26 bits per heavy atom. The van der Waals surface area contributed by atoms with Crippen molar-refractivity contribution in [2.24, 2.45) is 0 Å². The van der Waals surface area contributed by atoms with Crippen LogP contribution in [0.4, 0.5) is 5.69 Å². The Kier molecular flexibility index (Phi) is 9.67. The van der Waals surface area contributed by atoms with E-state index >= 15 is 0 Å².